The number of carbonyl (C=O) groups excluding carboxylic acids is 1. The smallest absolute Gasteiger partial charge is 0.303 e. The lowest BCUT2D eigenvalue weighted by molar-refractivity contribution is -0.143. The Balaban J connectivity index is 2.75. The molecule has 4 nitrogen and oxygen atoms in total. The Labute approximate surface area is 161 Å². The molecule has 0 aromatic heterocycles. The Morgan fingerprint density at radius 3 is 2.31 bits per heavy atom. The van der Waals surface area contributed by atoms with Crippen molar-refractivity contribution in [2.75, 3.05) is 0 Å². The molecule has 0 heterocycles. The highest BCUT2D eigenvalue weighted by molar-refractivity contribution is 6.33. The minimum absolute atomic E-state index is 0.0535. The first kappa shape index (κ1) is 22.1. The van der Waals surface area contributed by atoms with E-state index in [1.807, 2.05) is 26.8 Å². The van der Waals surface area contributed by atoms with E-state index >= 15 is 0 Å². The van der Waals surface area contributed by atoms with Gasteiger partial charge in [0.2, 0.25) is 0 Å². The molecule has 0 aliphatic rings. The molecule has 5 heteroatoms. The van der Waals surface area contributed by atoms with Crippen molar-refractivity contribution in [2.24, 2.45) is 0 Å². The largest absolute Gasteiger partial charge is 0.507 e. The van der Waals surface area contributed by atoms with Crippen molar-refractivity contribution < 1.29 is 19.7 Å². The molecule has 1 aromatic carbocycles. The summed E-state index contributed by atoms with van der Waals surface area (Å²) in [4.78, 5) is 11.0. The lowest BCUT2D eigenvalue weighted by Gasteiger charge is -2.14. The minimum Gasteiger partial charge on any atom is -0.507 e. The van der Waals surface area contributed by atoms with Crippen LogP contribution < -0.4 is 0 Å². The topological polar surface area (TPSA) is 66.8 Å². The van der Waals surface area contributed by atoms with Crippen LogP contribution in [-0.4, -0.2) is 22.3 Å². The molecule has 144 valence electrons. The van der Waals surface area contributed by atoms with Crippen LogP contribution in [-0.2, 0) is 16.0 Å². The maximum Gasteiger partial charge on any atom is 0.303 e. The summed E-state index contributed by atoms with van der Waals surface area (Å²) in [5, 5.41) is 20.8. The van der Waals surface area contributed by atoms with Crippen LogP contribution in [0.5, 0.6) is 11.5 Å². The maximum atomic E-state index is 11.0. The van der Waals surface area contributed by atoms with Crippen molar-refractivity contribution in [2.45, 2.75) is 66.9 Å². The normalized spacial score (nSPS) is 13.7. The van der Waals surface area contributed by atoms with Gasteiger partial charge in [0.15, 0.2) is 0 Å². The van der Waals surface area contributed by atoms with E-state index in [4.69, 9.17) is 16.3 Å². The molecule has 1 unspecified atom stereocenters. The van der Waals surface area contributed by atoms with Crippen LogP contribution in [0.3, 0.4) is 0 Å². The van der Waals surface area contributed by atoms with Gasteiger partial charge >= 0.3 is 5.97 Å². The first-order chi connectivity index (χ1) is 12.1. The number of phenolic OH excluding ortho intramolecular Hbond substituents is 2. The molecule has 0 bridgehead atoms. The summed E-state index contributed by atoms with van der Waals surface area (Å²) in [5.41, 5.74) is 3.99. The van der Waals surface area contributed by atoms with E-state index < -0.39 is 0 Å². The lowest BCUT2D eigenvalue weighted by Crippen LogP contribution is -2.13. The van der Waals surface area contributed by atoms with E-state index in [0.29, 0.717) is 28.1 Å². The van der Waals surface area contributed by atoms with E-state index in [9.17, 15) is 15.0 Å². The standard InChI is InChI=1S/C21H29ClO4/c1-12(8-7-9-13(2)16(5)26-17(6)23)10-11-18-20(24)15(4)14(3)19(22)21(18)25/h9-10,16,24-25H,7-8,11H2,1-6H3/b12-10+,13-9+. The summed E-state index contributed by atoms with van der Waals surface area (Å²) in [7, 11) is 0. The number of esters is 1. The van der Waals surface area contributed by atoms with Gasteiger partial charge in [0.1, 0.15) is 17.6 Å². The highest BCUT2D eigenvalue weighted by atomic mass is 35.5. The van der Waals surface area contributed by atoms with E-state index in [-0.39, 0.29) is 23.6 Å². The summed E-state index contributed by atoms with van der Waals surface area (Å²) < 4.78 is 5.14. The molecule has 0 radical (unpaired) electrons. The lowest BCUT2D eigenvalue weighted by atomic mass is 9.99. The minimum atomic E-state index is -0.284. The Kier molecular flexibility index (Phi) is 8.22. The molecule has 2 N–H and O–H groups in total. The molecule has 26 heavy (non-hydrogen) atoms. The number of phenols is 2. The molecule has 1 aromatic rings. The maximum absolute atomic E-state index is 11.0. The van der Waals surface area contributed by atoms with Crippen LogP contribution in [0.2, 0.25) is 5.02 Å². The van der Waals surface area contributed by atoms with Crippen molar-refractivity contribution in [3.63, 3.8) is 0 Å². The highest BCUT2D eigenvalue weighted by Crippen LogP contribution is 2.40. The predicted octanol–water partition coefficient (Wildman–Crippen LogP) is 5.53. The van der Waals surface area contributed by atoms with Gasteiger partial charge in [0.25, 0.3) is 0 Å². The summed E-state index contributed by atoms with van der Waals surface area (Å²) in [5.74, 6) is -0.241. The number of aromatic hydroxyl groups is 2. The van der Waals surface area contributed by atoms with Crippen molar-refractivity contribution >= 4 is 17.6 Å². The van der Waals surface area contributed by atoms with Crippen LogP contribution in [0.25, 0.3) is 0 Å². The third-order valence-corrected chi connectivity index (χ3v) is 5.13. The van der Waals surface area contributed by atoms with Crippen LogP contribution in [0.1, 0.15) is 57.2 Å². The van der Waals surface area contributed by atoms with Crippen LogP contribution in [0.15, 0.2) is 23.3 Å². The third kappa shape index (κ3) is 5.80. The zero-order valence-electron chi connectivity index (χ0n) is 16.4. The number of hydrogen-bond donors (Lipinski definition) is 2. The monoisotopic (exact) mass is 380 g/mol. The van der Waals surface area contributed by atoms with Crippen molar-refractivity contribution in [3.8, 4) is 11.5 Å². The van der Waals surface area contributed by atoms with Gasteiger partial charge in [0, 0.05) is 12.5 Å². The van der Waals surface area contributed by atoms with Gasteiger partial charge in [-0.1, -0.05) is 29.3 Å². The van der Waals surface area contributed by atoms with Crippen molar-refractivity contribution in [1.29, 1.82) is 0 Å². The number of hydrogen-bond acceptors (Lipinski definition) is 4. The van der Waals surface area contributed by atoms with E-state index in [1.54, 1.807) is 13.8 Å². The zero-order valence-corrected chi connectivity index (χ0v) is 17.2. The SMILES string of the molecule is CC(=O)OC(C)/C(C)=C/CC/C(C)=C/Cc1c(O)c(C)c(C)c(Cl)c1O. The van der Waals surface area contributed by atoms with Gasteiger partial charge in [-0.2, -0.15) is 0 Å². The molecule has 0 saturated carbocycles. The number of carbonyl (C=O) groups is 1. The molecule has 0 amide bonds. The average Bonchev–Trinajstić information content (AvgIpc) is 2.57. The van der Waals surface area contributed by atoms with Gasteiger partial charge < -0.3 is 14.9 Å². The van der Waals surface area contributed by atoms with E-state index in [2.05, 4.69) is 6.08 Å². The molecule has 0 spiro atoms. The second-order valence-corrected chi connectivity index (χ2v) is 7.11. The fourth-order valence-electron chi connectivity index (χ4n) is 2.60. The van der Waals surface area contributed by atoms with Crippen molar-refractivity contribution in [1.82, 2.24) is 0 Å². The molecule has 0 saturated heterocycles. The average molecular weight is 381 g/mol. The molecular formula is C21H29ClO4. The number of ether oxygens (including phenoxy) is 1. The zero-order chi connectivity index (χ0) is 20.0. The van der Waals surface area contributed by atoms with Crippen LogP contribution >= 0.6 is 11.6 Å². The van der Waals surface area contributed by atoms with Gasteiger partial charge in [0.05, 0.1) is 5.02 Å². The number of allylic oxidation sites excluding steroid dienone is 3. The number of halogens is 1. The Morgan fingerprint density at radius 1 is 1.12 bits per heavy atom. The second kappa shape index (κ2) is 9.67. The predicted molar refractivity (Wildman–Crippen MR) is 106 cm³/mol. The summed E-state index contributed by atoms with van der Waals surface area (Å²) in [6.07, 6.45) is 5.90. The molecule has 1 atom stereocenters. The summed E-state index contributed by atoms with van der Waals surface area (Å²) in [6.45, 7) is 10.8. The summed E-state index contributed by atoms with van der Waals surface area (Å²) >= 11 is 6.13. The molecule has 0 aliphatic heterocycles. The Morgan fingerprint density at radius 2 is 1.73 bits per heavy atom. The van der Waals surface area contributed by atoms with E-state index in [1.165, 1.54) is 6.92 Å². The Bertz CT molecular complexity index is 703. The van der Waals surface area contributed by atoms with Gasteiger partial charge in [-0.15, -0.1) is 0 Å². The van der Waals surface area contributed by atoms with Crippen LogP contribution in [0.4, 0.5) is 0 Å². The summed E-state index contributed by atoms with van der Waals surface area (Å²) in [6, 6.07) is 0. The molecule has 0 fully saturated rings. The quantitative estimate of drug-likeness (QED) is 0.481. The van der Waals surface area contributed by atoms with Crippen molar-refractivity contribution in [3.05, 3.63) is 45.0 Å². The fourth-order valence-corrected chi connectivity index (χ4v) is 2.85. The number of benzene rings is 1. The Hall–Kier alpha value is -1.94. The van der Waals surface area contributed by atoms with Gasteiger partial charge in [-0.25, -0.2) is 0 Å². The molecule has 1 rings (SSSR count). The van der Waals surface area contributed by atoms with Gasteiger partial charge in [-0.3, -0.25) is 4.79 Å². The molecular weight excluding hydrogens is 352 g/mol. The first-order valence-electron chi connectivity index (χ1n) is 8.75. The second-order valence-electron chi connectivity index (χ2n) is 6.73. The molecule has 0 aliphatic carbocycles. The fraction of sp³-hybridized carbons (Fsp3) is 0.476. The van der Waals surface area contributed by atoms with Gasteiger partial charge in [-0.05, 0) is 70.6 Å². The van der Waals surface area contributed by atoms with Crippen LogP contribution in [0, 0.1) is 13.8 Å². The van der Waals surface area contributed by atoms with E-state index in [0.717, 1.165) is 24.0 Å². The third-order valence-electron chi connectivity index (χ3n) is 4.67. The first-order valence-corrected chi connectivity index (χ1v) is 9.13. The number of rotatable bonds is 7. The highest BCUT2D eigenvalue weighted by Gasteiger charge is 2.17.